The zero-order chi connectivity index (χ0) is 14.6. The summed E-state index contributed by atoms with van der Waals surface area (Å²) in [6.07, 6.45) is 2.49. The fraction of sp³-hybridized carbons (Fsp3) is 0.714. The van der Waals surface area contributed by atoms with Gasteiger partial charge < -0.3 is 20.5 Å². The molecule has 0 amide bonds. The Bertz CT molecular complexity index is 451. The zero-order valence-corrected chi connectivity index (χ0v) is 12.3. The largest absolute Gasteiger partial charge is 0.390 e. The van der Waals surface area contributed by atoms with Crippen LogP contribution >= 0.6 is 0 Å². The van der Waals surface area contributed by atoms with Crippen molar-refractivity contribution < 1.29 is 9.84 Å². The Morgan fingerprint density at radius 1 is 1.40 bits per heavy atom. The number of hydrogen-bond donors (Lipinski definition) is 2. The standard InChI is InChI=1S/C14H24N4O2/c1-3-20-10-12-16-11(15)9-13(17-12)18-7-4-5-14(2,19)6-8-18/h9,19H,3-8,10H2,1-2H3,(H2,15,16,17). The fourth-order valence-electron chi connectivity index (χ4n) is 2.42. The van der Waals surface area contributed by atoms with E-state index in [-0.39, 0.29) is 0 Å². The molecule has 0 radical (unpaired) electrons. The minimum atomic E-state index is -0.582. The maximum Gasteiger partial charge on any atom is 0.158 e. The predicted octanol–water partition coefficient (Wildman–Crippen LogP) is 1.34. The van der Waals surface area contributed by atoms with E-state index in [1.807, 2.05) is 13.8 Å². The minimum Gasteiger partial charge on any atom is -0.390 e. The van der Waals surface area contributed by atoms with Crippen molar-refractivity contribution in [3.63, 3.8) is 0 Å². The van der Waals surface area contributed by atoms with Gasteiger partial charge in [-0.1, -0.05) is 0 Å². The van der Waals surface area contributed by atoms with Gasteiger partial charge in [-0.2, -0.15) is 0 Å². The second-order valence-electron chi connectivity index (χ2n) is 5.54. The average Bonchev–Trinajstić information content (AvgIpc) is 2.57. The molecule has 1 atom stereocenters. The average molecular weight is 280 g/mol. The SMILES string of the molecule is CCOCc1nc(N)cc(N2CCCC(C)(O)CC2)n1. The lowest BCUT2D eigenvalue weighted by molar-refractivity contribution is 0.0481. The summed E-state index contributed by atoms with van der Waals surface area (Å²) in [6.45, 7) is 6.48. The van der Waals surface area contributed by atoms with Crippen LogP contribution in [0.25, 0.3) is 0 Å². The van der Waals surface area contributed by atoms with Crippen molar-refractivity contribution in [2.45, 2.75) is 45.3 Å². The van der Waals surface area contributed by atoms with Crippen LogP contribution in [0.3, 0.4) is 0 Å². The molecule has 0 bridgehead atoms. The first-order valence-corrected chi connectivity index (χ1v) is 7.19. The Morgan fingerprint density at radius 2 is 2.20 bits per heavy atom. The molecular weight excluding hydrogens is 256 g/mol. The molecule has 1 aromatic rings. The van der Waals surface area contributed by atoms with Gasteiger partial charge in [0, 0.05) is 25.8 Å². The number of hydrogen-bond acceptors (Lipinski definition) is 6. The Balaban J connectivity index is 2.13. The van der Waals surface area contributed by atoms with Crippen LogP contribution in [0.2, 0.25) is 0 Å². The summed E-state index contributed by atoms with van der Waals surface area (Å²) in [6, 6.07) is 1.79. The van der Waals surface area contributed by atoms with Gasteiger partial charge >= 0.3 is 0 Å². The van der Waals surface area contributed by atoms with Crippen molar-refractivity contribution in [1.29, 1.82) is 0 Å². The first-order valence-electron chi connectivity index (χ1n) is 7.19. The van der Waals surface area contributed by atoms with Crippen LogP contribution in [-0.4, -0.2) is 40.4 Å². The highest BCUT2D eigenvalue weighted by Crippen LogP contribution is 2.25. The van der Waals surface area contributed by atoms with Crippen LogP contribution in [-0.2, 0) is 11.3 Å². The van der Waals surface area contributed by atoms with Crippen molar-refractivity contribution in [2.24, 2.45) is 0 Å². The fourth-order valence-corrected chi connectivity index (χ4v) is 2.42. The number of nitrogens with two attached hydrogens (primary N) is 1. The highest BCUT2D eigenvalue weighted by molar-refractivity contribution is 5.47. The smallest absolute Gasteiger partial charge is 0.158 e. The number of aromatic nitrogens is 2. The number of nitrogen functional groups attached to an aromatic ring is 1. The Kier molecular flexibility index (Phi) is 4.77. The molecule has 1 aliphatic heterocycles. The Morgan fingerprint density at radius 3 is 2.95 bits per heavy atom. The van der Waals surface area contributed by atoms with Crippen molar-refractivity contribution in [1.82, 2.24) is 9.97 Å². The molecule has 1 unspecified atom stereocenters. The maximum absolute atomic E-state index is 10.1. The third kappa shape index (κ3) is 4.05. The monoisotopic (exact) mass is 280 g/mol. The van der Waals surface area contributed by atoms with Crippen molar-refractivity contribution >= 4 is 11.6 Å². The first kappa shape index (κ1) is 15.0. The van der Waals surface area contributed by atoms with Crippen LogP contribution in [0.5, 0.6) is 0 Å². The number of rotatable bonds is 4. The molecule has 1 fully saturated rings. The van der Waals surface area contributed by atoms with E-state index in [4.69, 9.17) is 10.5 Å². The molecule has 0 aromatic carbocycles. The molecule has 2 rings (SSSR count). The molecular formula is C14H24N4O2. The predicted molar refractivity (Wildman–Crippen MR) is 78.5 cm³/mol. The summed E-state index contributed by atoms with van der Waals surface area (Å²) >= 11 is 0. The summed E-state index contributed by atoms with van der Waals surface area (Å²) in [5.74, 6) is 1.89. The van der Waals surface area contributed by atoms with Gasteiger partial charge in [-0.25, -0.2) is 9.97 Å². The van der Waals surface area contributed by atoms with Crippen molar-refractivity contribution in [3.05, 3.63) is 11.9 Å². The molecule has 112 valence electrons. The number of aliphatic hydroxyl groups is 1. The van der Waals surface area contributed by atoms with E-state index in [1.165, 1.54) is 0 Å². The number of anilines is 2. The molecule has 0 spiro atoms. The maximum atomic E-state index is 10.1. The van der Waals surface area contributed by atoms with Crippen LogP contribution in [0.1, 0.15) is 38.9 Å². The van der Waals surface area contributed by atoms with Crippen molar-refractivity contribution in [2.75, 3.05) is 30.3 Å². The summed E-state index contributed by atoms with van der Waals surface area (Å²) in [5.41, 5.74) is 5.27. The van der Waals surface area contributed by atoms with E-state index >= 15 is 0 Å². The van der Waals surface area contributed by atoms with Gasteiger partial charge in [0.25, 0.3) is 0 Å². The lowest BCUT2D eigenvalue weighted by atomic mass is 9.98. The van der Waals surface area contributed by atoms with Gasteiger partial charge in [-0.15, -0.1) is 0 Å². The summed E-state index contributed by atoms with van der Waals surface area (Å²) < 4.78 is 5.34. The number of ether oxygens (including phenoxy) is 1. The topological polar surface area (TPSA) is 84.5 Å². The molecule has 6 heteroatoms. The molecule has 0 saturated carbocycles. The van der Waals surface area contributed by atoms with Gasteiger partial charge in [0.1, 0.15) is 18.2 Å². The van der Waals surface area contributed by atoms with Gasteiger partial charge in [-0.05, 0) is 33.1 Å². The first-order chi connectivity index (χ1) is 9.50. The lowest BCUT2D eigenvalue weighted by Crippen LogP contribution is -2.29. The Labute approximate surface area is 120 Å². The highest BCUT2D eigenvalue weighted by atomic mass is 16.5. The second-order valence-corrected chi connectivity index (χ2v) is 5.54. The molecule has 0 aliphatic carbocycles. The summed E-state index contributed by atoms with van der Waals surface area (Å²) in [7, 11) is 0. The molecule has 20 heavy (non-hydrogen) atoms. The van der Waals surface area contributed by atoms with E-state index in [2.05, 4.69) is 14.9 Å². The van der Waals surface area contributed by atoms with Gasteiger partial charge in [0.05, 0.1) is 5.60 Å². The number of nitrogens with zero attached hydrogens (tertiary/aromatic N) is 3. The summed E-state index contributed by atoms with van der Waals surface area (Å²) in [5, 5.41) is 10.1. The molecule has 3 N–H and O–H groups in total. The van der Waals surface area contributed by atoms with E-state index in [1.54, 1.807) is 6.07 Å². The minimum absolute atomic E-state index is 0.375. The normalized spacial score (nSPS) is 23.6. The molecule has 1 aromatic heterocycles. The van der Waals surface area contributed by atoms with Crippen LogP contribution < -0.4 is 10.6 Å². The Hall–Kier alpha value is -1.40. The third-order valence-electron chi connectivity index (χ3n) is 3.60. The summed E-state index contributed by atoms with van der Waals surface area (Å²) in [4.78, 5) is 10.9. The van der Waals surface area contributed by atoms with E-state index in [0.717, 1.165) is 38.2 Å². The third-order valence-corrected chi connectivity index (χ3v) is 3.60. The molecule has 6 nitrogen and oxygen atoms in total. The second kappa shape index (κ2) is 6.37. The molecule has 2 heterocycles. The molecule has 1 saturated heterocycles. The quantitative estimate of drug-likeness (QED) is 0.865. The zero-order valence-electron chi connectivity index (χ0n) is 12.3. The van der Waals surface area contributed by atoms with Crippen LogP contribution in [0.15, 0.2) is 6.07 Å². The van der Waals surface area contributed by atoms with Gasteiger partial charge in [0.2, 0.25) is 0 Å². The lowest BCUT2D eigenvalue weighted by Gasteiger charge is -2.23. The van der Waals surface area contributed by atoms with Gasteiger partial charge in [-0.3, -0.25) is 0 Å². The van der Waals surface area contributed by atoms with Gasteiger partial charge in [0.15, 0.2) is 5.82 Å². The molecule has 1 aliphatic rings. The van der Waals surface area contributed by atoms with Crippen LogP contribution in [0.4, 0.5) is 11.6 Å². The van der Waals surface area contributed by atoms with E-state index < -0.39 is 5.60 Å². The van der Waals surface area contributed by atoms with Crippen LogP contribution in [0, 0.1) is 0 Å². The van der Waals surface area contributed by atoms with Crippen molar-refractivity contribution in [3.8, 4) is 0 Å². The van der Waals surface area contributed by atoms with E-state index in [0.29, 0.717) is 24.9 Å². The van der Waals surface area contributed by atoms with E-state index in [9.17, 15) is 5.11 Å². The highest BCUT2D eigenvalue weighted by Gasteiger charge is 2.25.